The molecular weight excluding hydrogens is 822 g/mol. The van der Waals surface area contributed by atoms with Crippen molar-refractivity contribution in [2.24, 2.45) is 0 Å². The normalized spacial score (nSPS) is 15.6. The minimum Gasteiger partial charge on any atom is -0.462 e. The molecule has 12 nitrogen and oxygen atoms in total. The molecule has 63 heavy (non-hydrogen) atoms. The quantitative estimate of drug-likeness (QED) is 0.0115. The van der Waals surface area contributed by atoms with Crippen LogP contribution in [0.4, 0.5) is 0 Å². The molecule has 0 aliphatic carbocycles. The average Bonchev–Trinajstić information content (AvgIpc) is 3.23. The predicted octanol–water partition coefficient (Wildman–Crippen LogP) is 10.7. The van der Waals surface area contributed by atoms with E-state index >= 15 is 0 Å². The Morgan fingerprint density at radius 2 is 1.14 bits per heavy atom. The molecule has 364 valence electrons. The van der Waals surface area contributed by atoms with Crippen LogP contribution in [0.1, 0.15) is 162 Å². The number of nitrogens with zero attached hydrogens (tertiary/aromatic N) is 1. The summed E-state index contributed by atoms with van der Waals surface area (Å²) in [5.41, 5.74) is 0. The summed E-state index contributed by atoms with van der Waals surface area (Å²) < 4.78 is 34.1. The van der Waals surface area contributed by atoms with Gasteiger partial charge in [0.1, 0.15) is 19.8 Å². The molecule has 0 aromatic rings. The fourth-order valence-electron chi connectivity index (χ4n) is 6.13. The molecule has 0 aromatic heterocycles. The van der Waals surface area contributed by atoms with Gasteiger partial charge in [0.25, 0.3) is 0 Å². The SMILES string of the molecule is CCCCC/C=C\C/C=C\CCCCCCCCCCCC(=O)O[C@H](COC(=O)CCC[C@@H](O)[C@H](O)/C=C/C=C/C=C\C=C\[C@H](O)CCCCC)COP(=O)(O)OCC[N+](C)(C)C. The fourth-order valence-corrected chi connectivity index (χ4v) is 6.87. The van der Waals surface area contributed by atoms with Crippen LogP contribution in [0.25, 0.3) is 0 Å². The van der Waals surface area contributed by atoms with Crippen LogP contribution in [0.15, 0.2) is 72.9 Å². The summed E-state index contributed by atoms with van der Waals surface area (Å²) in [5.74, 6) is -1.14. The zero-order chi connectivity index (χ0) is 46.9. The third-order valence-corrected chi connectivity index (χ3v) is 11.1. The molecule has 0 radical (unpaired) electrons. The van der Waals surface area contributed by atoms with Gasteiger partial charge in [-0.3, -0.25) is 18.6 Å². The van der Waals surface area contributed by atoms with Crippen molar-refractivity contribution in [3.05, 3.63) is 72.9 Å². The molecule has 0 aromatic carbocycles. The number of unbranched alkanes of at least 4 members (excludes halogenated alkanes) is 14. The molecular formula is C50H89NO11P+. The first kappa shape index (κ1) is 60.3. The molecule has 0 rings (SSSR count). The Morgan fingerprint density at radius 1 is 0.603 bits per heavy atom. The molecule has 0 heterocycles. The number of hydrogen-bond donors (Lipinski definition) is 4. The highest BCUT2D eigenvalue weighted by Crippen LogP contribution is 2.43. The van der Waals surface area contributed by atoms with Crippen LogP contribution in [-0.4, -0.2) is 109 Å². The first-order valence-corrected chi connectivity index (χ1v) is 25.5. The standard InChI is InChI=1S/C50H88NO11P/c1-6-8-10-11-12-13-14-15-16-17-18-19-20-21-22-23-24-29-33-39-50(56)62-46(44-61-63(57,58)60-42-41-51(3,4)5)43-59-49(55)40-34-38-48(54)47(53)37-32-28-26-25-27-31-36-45(52)35-30-9-7-2/h12-13,15-16,25-28,31-32,36-37,45-48,52-54H,6-11,14,17-24,29-30,33-35,38-44H2,1-5H3/p+1/b13-12-,16-15-,27-25-,28-26+,36-31+,37-32+/t45-,46-,47-,48-/m1/s1. The summed E-state index contributed by atoms with van der Waals surface area (Å²) in [5, 5.41) is 30.6. The van der Waals surface area contributed by atoms with Gasteiger partial charge in [0, 0.05) is 12.8 Å². The maximum atomic E-state index is 12.7. The van der Waals surface area contributed by atoms with Crippen molar-refractivity contribution in [1.82, 2.24) is 0 Å². The van der Waals surface area contributed by atoms with Crippen molar-refractivity contribution in [1.29, 1.82) is 0 Å². The van der Waals surface area contributed by atoms with Gasteiger partial charge in [-0.1, -0.05) is 164 Å². The second-order valence-electron chi connectivity index (χ2n) is 17.4. The minimum absolute atomic E-state index is 0.0279. The first-order chi connectivity index (χ1) is 30.2. The number of quaternary nitrogens is 1. The molecule has 0 aliphatic rings. The van der Waals surface area contributed by atoms with Crippen LogP contribution in [-0.2, 0) is 32.7 Å². The van der Waals surface area contributed by atoms with Gasteiger partial charge in [-0.2, -0.15) is 0 Å². The van der Waals surface area contributed by atoms with Gasteiger partial charge in [-0.15, -0.1) is 0 Å². The Bertz CT molecular complexity index is 1350. The van der Waals surface area contributed by atoms with Gasteiger partial charge in [0.15, 0.2) is 6.10 Å². The topological polar surface area (TPSA) is 169 Å². The molecule has 0 saturated heterocycles. The van der Waals surface area contributed by atoms with E-state index in [0.29, 0.717) is 17.4 Å². The van der Waals surface area contributed by atoms with Crippen LogP contribution < -0.4 is 0 Å². The van der Waals surface area contributed by atoms with Crippen molar-refractivity contribution in [3.8, 4) is 0 Å². The van der Waals surface area contributed by atoms with Gasteiger partial charge in [0.05, 0.1) is 46.1 Å². The highest BCUT2D eigenvalue weighted by molar-refractivity contribution is 7.47. The van der Waals surface area contributed by atoms with Crippen molar-refractivity contribution in [2.45, 2.75) is 186 Å². The number of aliphatic hydroxyl groups is 3. The summed E-state index contributed by atoms with van der Waals surface area (Å²) >= 11 is 0. The number of phosphoric ester groups is 1. The number of carbonyl (C=O) groups is 2. The highest BCUT2D eigenvalue weighted by atomic mass is 31.2. The van der Waals surface area contributed by atoms with Crippen molar-refractivity contribution >= 4 is 19.8 Å². The van der Waals surface area contributed by atoms with Gasteiger partial charge >= 0.3 is 19.8 Å². The highest BCUT2D eigenvalue weighted by Gasteiger charge is 2.27. The molecule has 13 heteroatoms. The molecule has 0 spiro atoms. The molecule has 5 atom stereocenters. The van der Waals surface area contributed by atoms with Crippen LogP contribution in [0, 0.1) is 0 Å². The summed E-state index contributed by atoms with van der Waals surface area (Å²) in [7, 11) is 1.28. The van der Waals surface area contributed by atoms with E-state index in [2.05, 4.69) is 38.2 Å². The first-order valence-electron chi connectivity index (χ1n) is 24.0. The van der Waals surface area contributed by atoms with Crippen LogP contribution in [0.3, 0.4) is 0 Å². The zero-order valence-corrected chi connectivity index (χ0v) is 40.8. The van der Waals surface area contributed by atoms with Gasteiger partial charge in [-0.25, -0.2) is 4.57 Å². The molecule has 0 fully saturated rings. The molecule has 0 bridgehead atoms. The van der Waals surface area contributed by atoms with Crippen LogP contribution in [0.5, 0.6) is 0 Å². The smallest absolute Gasteiger partial charge is 0.462 e. The second kappa shape index (κ2) is 40.8. The number of likely N-dealkylation sites (N-methyl/N-ethyl adjacent to an activating group) is 1. The lowest BCUT2D eigenvalue weighted by Gasteiger charge is -2.24. The Hall–Kier alpha value is -2.67. The maximum absolute atomic E-state index is 12.7. The Kier molecular flexibility index (Phi) is 39.1. The lowest BCUT2D eigenvalue weighted by molar-refractivity contribution is -0.870. The lowest BCUT2D eigenvalue weighted by Crippen LogP contribution is -2.37. The second-order valence-corrected chi connectivity index (χ2v) is 18.8. The van der Waals surface area contributed by atoms with E-state index in [4.69, 9.17) is 18.5 Å². The van der Waals surface area contributed by atoms with E-state index in [1.54, 1.807) is 42.5 Å². The number of hydrogen-bond acceptors (Lipinski definition) is 10. The average molecular weight is 911 g/mol. The molecule has 0 aliphatic heterocycles. The van der Waals surface area contributed by atoms with E-state index in [-0.39, 0.29) is 38.9 Å². The molecule has 0 saturated carbocycles. The van der Waals surface area contributed by atoms with Crippen molar-refractivity contribution in [2.75, 3.05) is 47.5 Å². The Labute approximate surface area is 382 Å². The summed E-state index contributed by atoms with van der Waals surface area (Å²) in [6, 6.07) is 0. The molecule has 1 unspecified atom stereocenters. The Balaban J connectivity index is 4.62. The third-order valence-electron chi connectivity index (χ3n) is 10.1. The Morgan fingerprint density at radius 3 is 1.76 bits per heavy atom. The number of allylic oxidation sites excluding steroid dienone is 10. The molecule has 4 N–H and O–H groups in total. The maximum Gasteiger partial charge on any atom is 0.472 e. The summed E-state index contributed by atoms with van der Waals surface area (Å²) in [6.45, 7) is 3.89. The number of aliphatic hydroxyl groups excluding tert-OH is 3. The number of ether oxygens (including phenoxy) is 2. The van der Waals surface area contributed by atoms with Gasteiger partial charge in [0.2, 0.25) is 0 Å². The largest absolute Gasteiger partial charge is 0.472 e. The van der Waals surface area contributed by atoms with Crippen molar-refractivity contribution < 1.29 is 57.4 Å². The molecule has 0 amide bonds. The van der Waals surface area contributed by atoms with Gasteiger partial charge < -0.3 is 34.2 Å². The van der Waals surface area contributed by atoms with E-state index in [1.165, 1.54) is 63.9 Å². The minimum atomic E-state index is -4.47. The van der Waals surface area contributed by atoms with E-state index in [1.807, 2.05) is 21.1 Å². The number of phosphoric acid groups is 1. The van der Waals surface area contributed by atoms with E-state index in [9.17, 15) is 34.4 Å². The van der Waals surface area contributed by atoms with E-state index in [0.717, 1.165) is 57.8 Å². The number of carbonyl (C=O) groups excluding carboxylic acids is 2. The van der Waals surface area contributed by atoms with Gasteiger partial charge in [-0.05, 0) is 57.8 Å². The summed E-state index contributed by atoms with van der Waals surface area (Å²) in [4.78, 5) is 35.5. The monoisotopic (exact) mass is 911 g/mol. The zero-order valence-electron chi connectivity index (χ0n) is 39.9. The van der Waals surface area contributed by atoms with Crippen LogP contribution >= 0.6 is 7.82 Å². The van der Waals surface area contributed by atoms with E-state index < -0.39 is 50.8 Å². The third kappa shape index (κ3) is 43.0. The predicted molar refractivity (Wildman–Crippen MR) is 256 cm³/mol. The fraction of sp³-hybridized carbons (Fsp3) is 0.720. The number of rotatable bonds is 42. The van der Waals surface area contributed by atoms with Crippen molar-refractivity contribution in [3.63, 3.8) is 0 Å². The summed E-state index contributed by atoms with van der Waals surface area (Å²) in [6.07, 6.45) is 40.3. The van der Waals surface area contributed by atoms with Crippen LogP contribution in [0.2, 0.25) is 0 Å². The number of esters is 2. The lowest BCUT2D eigenvalue weighted by atomic mass is 10.1.